The predicted molar refractivity (Wildman–Crippen MR) is 177 cm³/mol. The maximum atomic E-state index is 13.7. The number of hydrogen-bond acceptors (Lipinski definition) is 6. The van der Waals surface area contributed by atoms with E-state index in [9.17, 15) is 19.2 Å². The van der Waals surface area contributed by atoms with Crippen molar-refractivity contribution in [3.8, 4) is 0 Å². The molecule has 2 N–H and O–H groups in total. The van der Waals surface area contributed by atoms with Crippen LogP contribution in [0.25, 0.3) is 0 Å². The molecule has 0 aliphatic rings. The van der Waals surface area contributed by atoms with Crippen LogP contribution in [0.2, 0.25) is 0 Å². The highest BCUT2D eigenvalue weighted by Crippen LogP contribution is 2.20. The molecule has 0 fully saturated rings. The first-order valence-electron chi connectivity index (χ1n) is 15.2. The standard InChI is InChI=1S/C35H44N4O6/c1-6-45-34(42)28-14-18-30(19-15-28)39(23-25(2)3)33(41)24-38(20-9-21-44-5)32(40)22-27-12-16-29(17-13-27)36-35(43)37-31-11-8-7-10-26(31)4/h7-8,10-19,25H,6,9,20-24H2,1-5H3,(H2,36,37,43). The molecule has 3 aromatic carbocycles. The van der Waals surface area contributed by atoms with Gasteiger partial charge in [-0.25, -0.2) is 9.59 Å². The average molecular weight is 617 g/mol. The van der Waals surface area contributed by atoms with Crippen LogP contribution in [0, 0.1) is 12.8 Å². The van der Waals surface area contributed by atoms with E-state index in [0.717, 1.165) is 16.8 Å². The Bertz CT molecular complexity index is 1420. The van der Waals surface area contributed by atoms with E-state index in [0.29, 0.717) is 43.1 Å². The van der Waals surface area contributed by atoms with Gasteiger partial charge in [-0.1, -0.05) is 44.2 Å². The van der Waals surface area contributed by atoms with Gasteiger partial charge in [0.1, 0.15) is 6.54 Å². The van der Waals surface area contributed by atoms with Crippen LogP contribution in [0.1, 0.15) is 48.7 Å². The largest absolute Gasteiger partial charge is 0.462 e. The Hall–Kier alpha value is -4.70. The molecular weight excluding hydrogens is 572 g/mol. The zero-order valence-electron chi connectivity index (χ0n) is 26.8. The smallest absolute Gasteiger partial charge is 0.338 e. The molecule has 0 heterocycles. The molecule has 10 heteroatoms. The number of para-hydroxylation sites is 1. The van der Waals surface area contributed by atoms with Gasteiger partial charge in [0, 0.05) is 43.9 Å². The van der Waals surface area contributed by atoms with Gasteiger partial charge in [-0.2, -0.15) is 0 Å². The van der Waals surface area contributed by atoms with Gasteiger partial charge in [-0.05, 0) is 79.8 Å². The minimum absolute atomic E-state index is 0.0916. The molecule has 0 bridgehead atoms. The summed E-state index contributed by atoms with van der Waals surface area (Å²) in [5, 5.41) is 5.64. The Morgan fingerprint density at radius 3 is 2.18 bits per heavy atom. The second kappa shape index (κ2) is 17.6. The number of aryl methyl sites for hydroxylation is 1. The number of esters is 1. The second-order valence-corrected chi connectivity index (χ2v) is 11.1. The summed E-state index contributed by atoms with van der Waals surface area (Å²) in [4.78, 5) is 54.9. The lowest BCUT2D eigenvalue weighted by Crippen LogP contribution is -2.45. The lowest BCUT2D eigenvalue weighted by atomic mass is 10.1. The number of nitrogens with one attached hydrogen (secondary N) is 2. The third kappa shape index (κ3) is 11.1. The fourth-order valence-electron chi connectivity index (χ4n) is 4.64. The van der Waals surface area contributed by atoms with E-state index in [1.54, 1.807) is 72.4 Å². The average Bonchev–Trinajstić information content (AvgIpc) is 3.01. The van der Waals surface area contributed by atoms with Crippen molar-refractivity contribution in [2.24, 2.45) is 5.92 Å². The van der Waals surface area contributed by atoms with Crippen LogP contribution in [-0.4, -0.2) is 68.7 Å². The fraction of sp³-hybridized carbons (Fsp3) is 0.371. The minimum atomic E-state index is -0.421. The molecule has 0 saturated carbocycles. The van der Waals surface area contributed by atoms with Gasteiger partial charge in [0.2, 0.25) is 11.8 Å². The van der Waals surface area contributed by atoms with Gasteiger partial charge < -0.3 is 29.9 Å². The van der Waals surface area contributed by atoms with Gasteiger partial charge in [-0.15, -0.1) is 0 Å². The molecule has 0 atom stereocenters. The topological polar surface area (TPSA) is 117 Å². The number of methoxy groups -OCH3 is 1. The Balaban J connectivity index is 1.68. The summed E-state index contributed by atoms with van der Waals surface area (Å²) >= 11 is 0. The van der Waals surface area contributed by atoms with E-state index >= 15 is 0 Å². The normalized spacial score (nSPS) is 10.7. The minimum Gasteiger partial charge on any atom is -0.462 e. The van der Waals surface area contributed by atoms with Crippen LogP contribution in [-0.2, 0) is 25.5 Å². The Morgan fingerprint density at radius 1 is 0.867 bits per heavy atom. The zero-order chi connectivity index (χ0) is 32.8. The van der Waals surface area contributed by atoms with Crippen molar-refractivity contribution in [3.63, 3.8) is 0 Å². The van der Waals surface area contributed by atoms with Gasteiger partial charge in [0.25, 0.3) is 0 Å². The molecule has 0 spiro atoms. The molecule has 3 rings (SSSR count). The molecule has 45 heavy (non-hydrogen) atoms. The maximum Gasteiger partial charge on any atom is 0.338 e. The third-order valence-electron chi connectivity index (χ3n) is 6.95. The number of ether oxygens (including phenoxy) is 2. The van der Waals surface area contributed by atoms with Crippen molar-refractivity contribution < 1.29 is 28.7 Å². The van der Waals surface area contributed by atoms with E-state index in [-0.39, 0.29) is 43.3 Å². The molecule has 0 radical (unpaired) electrons. The van der Waals surface area contributed by atoms with Crippen LogP contribution in [0.3, 0.4) is 0 Å². The SMILES string of the molecule is CCOC(=O)c1ccc(N(CC(C)C)C(=O)CN(CCCOC)C(=O)Cc2ccc(NC(=O)Nc3ccccc3C)cc2)cc1. The van der Waals surface area contributed by atoms with E-state index in [2.05, 4.69) is 10.6 Å². The molecule has 0 saturated heterocycles. The predicted octanol–water partition coefficient (Wildman–Crippen LogP) is 5.91. The number of amides is 4. The number of carbonyl (C=O) groups excluding carboxylic acids is 4. The Labute approximate surface area is 265 Å². The van der Waals surface area contributed by atoms with Crippen molar-refractivity contribution in [2.75, 3.05) is 55.5 Å². The third-order valence-corrected chi connectivity index (χ3v) is 6.95. The summed E-state index contributed by atoms with van der Waals surface area (Å²) in [5.74, 6) is -0.672. The maximum absolute atomic E-state index is 13.7. The summed E-state index contributed by atoms with van der Waals surface area (Å²) < 4.78 is 10.3. The number of anilines is 3. The molecule has 240 valence electrons. The van der Waals surface area contributed by atoms with Crippen LogP contribution in [0.4, 0.5) is 21.9 Å². The number of nitrogens with zero attached hydrogens (tertiary/aromatic N) is 2. The van der Waals surface area contributed by atoms with Gasteiger partial charge in [-0.3, -0.25) is 9.59 Å². The molecule has 3 aromatic rings. The first-order valence-corrected chi connectivity index (χ1v) is 15.2. The summed E-state index contributed by atoms with van der Waals surface area (Å²) in [6.07, 6.45) is 0.668. The number of benzene rings is 3. The summed E-state index contributed by atoms with van der Waals surface area (Å²) in [7, 11) is 1.60. The molecular formula is C35H44N4O6. The molecule has 0 unspecified atom stereocenters. The second-order valence-electron chi connectivity index (χ2n) is 11.1. The monoisotopic (exact) mass is 616 g/mol. The van der Waals surface area contributed by atoms with Crippen LogP contribution >= 0.6 is 0 Å². The molecule has 4 amide bonds. The molecule has 0 aliphatic heterocycles. The Kier molecular flexibility index (Phi) is 13.6. The van der Waals surface area contributed by atoms with Crippen molar-refractivity contribution in [1.29, 1.82) is 0 Å². The van der Waals surface area contributed by atoms with Gasteiger partial charge in [0.05, 0.1) is 18.6 Å². The lowest BCUT2D eigenvalue weighted by molar-refractivity contribution is -0.135. The highest BCUT2D eigenvalue weighted by Gasteiger charge is 2.23. The number of carbonyl (C=O) groups is 4. The summed E-state index contributed by atoms with van der Waals surface area (Å²) in [6, 6.07) is 20.9. The fourth-order valence-corrected chi connectivity index (χ4v) is 4.64. The van der Waals surface area contributed by atoms with Crippen LogP contribution in [0.5, 0.6) is 0 Å². The molecule has 10 nitrogen and oxygen atoms in total. The van der Waals surface area contributed by atoms with E-state index < -0.39 is 5.97 Å². The first-order chi connectivity index (χ1) is 21.6. The molecule has 0 aromatic heterocycles. The highest BCUT2D eigenvalue weighted by molar-refractivity contribution is 6.00. The summed E-state index contributed by atoms with van der Waals surface area (Å²) in [6.45, 7) is 9.12. The Morgan fingerprint density at radius 2 is 1.56 bits per heavy atom. The lowest BCUT2D eigenvalue weighted by Gasteiger charge is -2.29. The zero-order valence-corrected chi connectivity index (χ0v) is 26.8. The van der Waals surface area contributed by atoms with Crippen LogP contribution < -0.4 is 15.5 Å². The number of rotatable bonds is 15. The van der Waals surface area contributed by atoms with Crippen molar-refractivity contribution in [2.45, 2.75) is 40.5 Å². The van der Waals surface area contributed by atoms with Gasteiger partial charge >= 0.3 is 12.0 Å². The van der Waals surface area contributed by atoms with E-state index in [1.165, 1.54) is 0 Å². The van der Waals surface area contributed by atoms with E-state index in [4.69, 9.17) is 9.47 Å². The van der Waals surface area contributed by atoms with E-state index in [1.807, 2.05) is 45.0 Å². The number of urea groups is 1. The van der Waals surface area contributed by atoms with Gasteiger partial charge in [0.15, 0.2) is 0 Å². The number of hydrogen-bond donors (Lipinski definition) is 2. The summed E-state index contributed by atoms with van der Waals surface area (Å²) in [5.41, 5.74) is 4.06. The quantitative estimate of drug-likeness (QED) is 0.162. The van der Waals surface area contributed by atoms with Crippen molar-refractivity contribution in [3.05, 3.63) is 89.5 Å². The van der Waals surface area contributed by atoms with Crippen LogP contribution in [0.15, 0.2) is 72.8 Å². The first kappa shape index (κ1) is 34.8. The van der Waals surface area contributed by atoms with Crippen molar-refractivity contribution >= 4 is 40.9 Å². The van der Waals surface area contributed by atoms with Crippen molar-refractivity contribution in [1.82, 2.24) is 4.90 Å². The molecule has 0 aliphatic carbocycles. The highest BCUT2D eigenvalue weighted by atomic mass is 16.5.